The Morgan fingerprint density at radius 3 is 1.91 bits per heavy atom. The summed E-state index contributed by atoms with van der Waals surface area (Å²) in [5.41, 5.74) is -5.56. The SMILES string of the molecule is N#Cc1nc2c(-c3cccs3)nnc(-c3ccc(C(F)(F)F)cc3C(F)(F)F)c2nc1C#N. The molecule has 3 aromatic heterocycles. The molecule has 0 spiro atoms. The van der Waals surface area contributed by atoms with E-state index >= 15 is 0 Å². The van der Waals surface area contributed by atoms with Crippen LogP contribution in [0.2, 0.25) is 0 Å². The highest BCUT2D eigenvalue weighted by Crippen LogP contribution is 2.42. The summed E-state index contributed by atoms with van der Waals surface area (Å²) < 4.78 is 80.3. The van der Waals surface area contributed by atoms with Crippen molar-refractivity contribution in [3.8, 4) is 34.0 Å². The second-order valence-corrected chi connectivity index (χ2v) is 7.42. The molecule has 4 aromatic rings. The first-order valence-corrected chi connectivity index (χ1v) is 9.64. The molecule has 0 fully saturated rings. The zero-order chi connectivity index (χ0) is 24.0. The maximum absolute atomic E-state index is 13.7. The van der Waals surface area contributed by atoms with Gasteiger partial charge in [0.2, 0.25) is 0 Å². The van der Waals surface area contributed by atoms with Gasteiger partial charge in [0.05, 0.1) is 16.0 Å². The highest BCUT2D eigenvalue weighted by atomic mass is 32.1. The maximum Gasteiger partial charge on any atom is 0.417 e. The number of fused-ring (bicyclic) bond motifs is 1. The number of rotatable bonds is 2. The first kappa shape index (κ1) is 22.1. The van der Waals surface area contributed by atoms with Crippen molar-refractivity contribution >= 4 is 22.4 Å². The lowest BCUT2D eigenvalue weighted by molar-refractivity contribution is -0.142. The maximum atomic E-state index is 13.7. The third-order valence-corrected chi connectivity index (χ3v) is 5.34. The summed E-state index contributed by atoms with van der Waals surface area (Å²) in [5, 5.41) is 28.0. The number of aromatic nitrogens is 4. The van der Waals surface area contributed by atoms with Crippen LogP contribution < -0.4 is 0 Å². The molecule has 164 valence electrons. The number of benzene rings is 1. The van der Waals surface area contributed by atoms with E-state index in [2.05, 4.69) is 20.2 Å². The van der Waals surface area contributed by atoms with E-state index < -0.39 is 40.4 Å². The lowest BCUT2D eigenvalue weighted by Crippen LogP contribution is -2.13. The van der Waals surface area contributed by atoms with Crippen LogP contribution in [0.5, 0.6) is 0 Å². The first-order chi connectivity index (χ1) is 15.5. The molecule has 0 unspecified atom stereocenters. The summed E-state index contributed by atoms with van der Waals surface area (Å²) in [6.07, 6.45) is -10.2. The molecule has 4 rings (SSSR count). The molecule has 0 saturated heterocycles. The Kier molecular flexibility index (Phi) is 5.22. The van der Waals surface area contributed by atoms with Gasteiger partial charge in [0, 0.05) is 5.56 Å². The van der Waals surface area contributed by atoms with Crippen LogP contribution in [0, 0.1) is 22.7 Å². The smallest absolute Gasteiger partial charge is 0.230 e. The van der Waals surface area contributed by atoms with Crippen LogP contribution in [0.25, 0.3) is 32.9 Å². The molecule has 0 radical (unpaired) electrons. The molecule has 0 N–H and O–H groups in total. The van der Waals surface area contributed by atoms with Gasteiger partial charge in [0.1, 0.15) is 34.6 Å². The van der Waals surface area contributed by atoms with Gasteiger partial charge in [0.25, 0.3) is 0 Å². The predicted octanol–water partition coefficient (Wildman–Crippen LogP) is 5.60. The molecular formula is C20H6F6N6S. The quantitative estimate of drug-likeness (QED) is 0.350. The van der Waals surface area contributed by atoms with Gasteiger partial charge in [-0.3, -0.25) is 0 Å². The van der Waals surface area contributed by atoms with E-state index in [0.717, 1.165) is 0 Å². The minimum Gasteiger partial charge on any atom is -0.230 e. The number of hydrogen-bond acceptors (Lipinski definition) is 7. The highest BCUT2D eigenvalue weighted by molar-refractivity contribution is 7.13. The van der Waals surface area contributed by atoms with Gasteiger partial charge in [-0.05, 0) is 23.6 Å². The fraction of sp³-hybridized carbons (Fsp3) is 0.100. The van der Waals surface area contributed by atoms with Gasteiger partial charge >= 0.3 is 12.4 Å². The van der Waals surface area contributed by atoms with Gasteiger partial charge in [-0.2, -0.15) is 36.9 Å². The first-order valence-electron chi connectivity index (χ1n) is 8.76. The Morgan fingerprint density at radius 1 is 0.788 bits per heavy atom. The Bertz CT molecular complexity index is 1460. The largest absolute Gasteiger partial charge is 0.417 e. The Morgan fingerprint density at radius 2 is 1.39 bits per heavy atom. The molecule has 13 heteroatoms. The van der Waals surface area contributed by atoms with E-state index in [-0.39, 0.29) is 28.5 Å². The average Bonchev–Trinajstić information content (AvgIpc) is 3.30. The molecule has 0 aliphatic heterocycles. The molecule has 0 aliphatic rings. The second-order valence-electron chi connectivity index (χ2n) is 6.47. The molecule has 33 heavy (non-hydrogen) atoms. The number of halogens is 6. The van der Waals surface area contributed by atoms with Crippen molar-refractivity contribution in [2.24, 2.45) is 0 Å². The van der Waals surface area contributed by atoms with Crippen molar-refractivity contribution in [1.82, 2.24) is 20.2 Å². The summed E-state index contributed by atoms with van der Waals surface area (Å²) in [6, 6.07) is 7.68. The van der Waals surface area contributed by atoms with Crippen LogP contribution in [0.3, 0.4) is 0 Å². The molecule has 0 aliphatic carbocycles. The van der Waals surface area contributed by atoms with Crippen LogP contribution >= 0.6 is 11.3 Å². The normalized spacial score (nSPS) is 11.9. The third kappa shape index (κ3) is 3.94. The number of hydrogen-bond donors (Lipinski definition) is 0. The standard InChI is InChI=1S/C20H6F6N6S/c21-19(22,23)9-3-4-10(11(6-9)20(24,25)26)15-17-18(30-13(8-28)12(7-27)29-17)16(32-31-15)14-2-1-5-33-14/h1-6H. The lowest BCUT2D eigenvalue weighted by atomic mass is 9.99. The molecule has 0 atom stereocenters. The third-order valence-electron chi connectivity index (χ3n) is 4.47. The topological polar surface area (TPSA) is 99.1 Å². The van der Waals surface area contributed by atoms with Crippen molar-refractivity contribution in [2.45, 2.75) is 12.4 Å². The van der Waals surface area contributed by atoms with Gasteiger partial charge in [-0.15, -0.1) is 21.5 Å². The average molecular weight is 476 g/mol. The summed E-state index contributed by atoms with van der Waals surface area (Å²) in [7, 11) is 0. The second kappa shape index (κ2) is 7.79. The Balaban J connectivity index is 2.11. The van der Waals surface area contributed by atoms with E-state index in [1.165, 1.54) is 11.3 Å². The van der Waals surface area contributed by atoms with E-state index in [1.807, 2.05) is 0 Å². The molecule has 0 saturated carbocycles. The van der Waals surface area contributed by atoms with Crippen LogP contribution in [0.15, 0.2) is 35.7 Å². The molecule has 0 amide bonds. The fourth-order valence-corrected chi connectivity index (χ4v) is 3.75. The summed E-state index contributed by atoms with van der Waals surface area (Å²) in [5.74, 6) is 0. The van der Waals surface area contributed by atoms with Crippen LogP contribution in [0.1, 0.15) is 22.5 Å². The summed E-state index contributed by atoms with van der Waals surface area (Å²) in [6.45, 7) is 0. The number of nitrogens with zero attached hydrogens (tertiary/aromatic N) is 6. The molecule has 1 aromatic carbocycles. The Hall–Kier alpha value is -4.10. The zero-order valence-electron chi connectivity index (χ0n) is 15.8. The molecule has 0 bridgehead atoms. The van der Waals surface area contributed by atoms with E-state index in [4.69, 9.17) is 0 Å². The fourth-order valence-electron chi connectivity index (χ4n) is 3.04. The zero-order valence-corrected chi connectivity index (χ0v) is 16.6. The van der Waals surface area contributed by atoms with E-state index in [1.54, 1.807) is 29.7 Å². The van der Waals surface area contributed by atoms with Crippen LogP contribution in [0.4, 0.5) is 26.3 Å². The van der Waals surface area contributed by atoms with Gasteiger partial charge in [0.15, 0.2) is 11.4 Å². The molecule has 6 nitrogen and oxygen atoms in total. The summed E-state index contributed by atoms with van der Waals surface area (Å²) >= 11 is 1.20. The summed E-state index contributed by atoms with van der Waals surface area (Å²) in [4.78, 5) is 8.53. The van der Waals surface area contributed by atoms with Crippen molar-refractivity contribution in [3.05, 3.63) is 58.2 Å². The van der Waals surface area contributed by atoms with Gasteiger partial charge < -0.3 is 0 Å². The van der Waals surface area contributed by atoms with Crippen molar-refractivity contribution < 1.29 is 26.3 Å². The van der Waals surface area contributed by atoms with E-state index in [9.17, 15) is 36.9 Å². The van der Waals surface area contributed by atoms with Gasteiger partial charge in [-0.25, -0.2) is 9.97 Å². The van der Waals surface area contributed by atoms with Gasteiger partial charge in [-0.1, -0.05) is 12.1 Å². The number of thiophene rings is 1. The van der Waals surface area contributed by atoms with Crippen molar-refractivity contribution in [2.75, 3.05) is 0 Å². The van der Waals surface area contributed by atoms with Crippen molar-refractivity contribution in [3.63, 3.8) is 0 Å². The monoisotopic (exact) mass is 476 g/mol. The highest BCUT2D eigenvalue weighted by Gasteiger charge is 2.39. The van der Waals surface area contributed by atoms with Crippen LogP contribution in [-0.4, -0.2) is 20.2 Å². The predicted molar refractivity (Wildman–Crippen MR) is 103 cm³/mol. The lowest BCUT2D eigenvalue weighted by Gasteiger charge is -2.16. The molecule has 3 heterocycles. The number of alkyl halides is 6. The minimum atomic E-state index is -5.17. The van der Waals surface area contributed by atoms with Crippen molar-refractivity contribution in [1.29, 1.82) is 10.5 Å². The Labute approximate surface area is 184 Å². The van der Waals surface area contributed by atoms with Crippen LogP contribution in [-0.2, 0) is 12.4 Å². The number of nitriles is 2. The minimum absolute atomic E-state index is 0.0295. The molecular weight excluding hydrogens is 470 g/mol. The van der Waals surface area contributed by atoms with E-state index in [0.29, 0.717) is 17.0 Å².